The second-order valence-electron chi connectivity index (χ2n) is 6.35. The molecule has 1 fully saturated rings. The zero-order valence-corrected chi connectivity index (χ0v) is 14.6. The van der Waals surface area contributed by atoms with Crippen molar-refractivity contribution in [2.24, 2.45) is 0 Å². The van der Waals surface area contributed by atoms with Crippen LogP contribution >= 0.6 is 0 Å². The lowest BCUT2D eigenvalue weighted by Gasteiger charge is -2.44. The Balaban J connectivity index is 2.81. The Morgan fingerprint density at radius 3 is 2.00 bits per heavy atom. The monoisotopic (exact) mass is 348 g/mol. The van der Waals surface area contributed by atoms with Crippen molar-refractivity contribution in [2.45, 2.75) is 70.1 Å². The van der Waals surface area contributed by atoms with Gasteiger partial charge in [-0.05, 0) is 52.2 Å². The highest BCUT2D eigenvalue weighted by atomic mass is 32.2. The third kappa shape index (κ3) is 5.22. The Morgan fingerprint density at radius 2 is 1.67 bits per heavy atom. The largest absolute Gasteiger partial charge is 0.416 e. The molecule has 0 heterocycles. The summed E-state index contributed by atoms with van der Waals surface area (Å²) in [5.74, 6) is -0.181. The van der Waals surface area contributed by atoms with E-state index in [1.807, 2.05) is 0 Å². The maximum absolute atomic E-state index is 13.4. The summed E-state index contributed by atoms with van der Waals surface area (Å²) in [6.07, 6.45) is -5.60. The SMILES string of the molecule is CCS(=O)(=O)OC1CCC(O[Si](C)(C)C)(C(F)(F)F)CC1. The highest BCUT2D eigenvalue weighted by molar-refractivity contribution is 7.86. The zero-order chi connectivity index (χ0) is 16.5. The summed E-state index contributed by atoms with van der Waals surface area (Å²) in [5, 5.41) is 0. The fourth-order valence-corrected chi connectivity index (χ4v) is 4.69. The molecule has 0 radical (unpaired) electrons. The standard InChI is InChI=1S/C12H23F3O4SSi/c1-5-20(16,17)18-10-6-8-11(9-7-10,12(13,14)15)19-21(2,3)4/h10H,5-9H2,1-4H3. The topological polar surface area (TPSA) is 52.6 Å². The van der Waals surface area contributed by atoms with Crippen molar-refractivity contribution in [3.05, 3.63) is 0 Å². The molecule has 0 bridgehead atoms. The van der Waals surface area contributed by atoms with E-state index in [4.69, 9.17) is 8.61 Å². The Morgan fingerprint density at radius 1 is 1.19 bits per heavy atom. The molecule has 4 nitrogen and oxygen atoms in total. The van der Waals surface area contributed by atoms with Crippen LogP contribution in [0.15, 0.2) is 0 Å². The molecule has 0 amide bonds. The number of hydrogen-bond donors (Lipinski definition) is 0. The van der Waals surface area contributed by atoms with E-state index >= 15 is 0 Å². The van der Waals surface area contributed by atoms with E-state index in [1.54, 1.807) is 19.6 Å². The van der Waals surface area contributed by atoms with Crippen LogP contribution in [0.2, 0.25) is 19.6 Å². The molecular weight excluding hydrogens is 325 g/mol. The summed E-state index contributed by atoms with van der Waals surface area (Å²) < 4.78 is 73.3. The van der Waals surface area contributed by atoms with Crippen LogP contribution < -0.4 is 0 Å². The van der Waals surface area contributed by atoms with Crippen molar-refractivity contribution in [1.29, 1.82) is 0 Å². The number of alkyl halides is 3. The fourth-order valence-electron chi connectivity index (χ4n) is 2.46. The first-order valence-corrected chi connectivity index (χ1v) is 12.0. The van der Waals surface area contributed by atoms with Gasteiger partial charge in [0.2, 0.25) is 0 Å². The summed E-state index contributed by atoms with van der Waals surface area (Å²) in [6, 6.07) is 0. The molecule has 0 saturated heterocycles. The Bertz CT molecular complexity index is 448. The van der Waals surface area contributed by atoms with Crippen molar-refractivity contribution < 1.29 is 30.2 Å². The van der Waals surface area contributed by atoms with Crippen molar-refractivity contribution in [1.82, 2.24) is 0 Å². The molecule has 21 heavy (non-hydrogen) atoms. The number of rotatable bonds is 5. The lowest BCUT2D eigenvalue weighted by atomic mass is 9.83. The van der Waals surface area contributed by atoms with Gasteiger partial charge in [0, 0.05) is 0 Å². The zero-order valence-electron chi connectivity index (χ0n) is 12.8. The van der Waals surface area contributed by atoms with Gasteiger partial charge >= 0.3 is 6.18 Å². The minimum atomic E-state index is -4.46. The Hall–Kier alpha value is -0.123. The molecule has 126 valence electrons. The van der Waals surface area contributed by atoms with E-state index in [0.717, 1.165) is 0 Å². The van der Waals surface area contributed by atoms with Gasteiger partial charge in [0.25, 0.3) is 10.1 Å². The van der Waals surface area contributed by atoms with Crippen molar-refractivity contribution in [2.75, 3.05) is 5.75 Å². The second kappa shape index (κ2) is 6.17. The van der Waals surface area contributed by atoms with Gasteiger partial charge in [-0.3, -0.25) is 4.18 Å². The third-order valence-corrected chi connectivity index (χ3v) is 5.67. The molecule has 0 spiro atoms. The van der Waals surface area contributed by atoms with E-state index in [9.17, 15) is 21.6 Å². The molecular formula is C12H23F3O4SSi. The van der Waals surface area contributed by atoms with Crippen molar-refractivity contribution in [3.8, 4) is 0 Å². The summed E-state index contributed by atoms with van der Waals surface area (Å²) >= 11 is 0. The lowest BCUT2D eigenvalue weighted by Crippen LogP contribution is -2.55. The summed E-state index contributed by atoms with van der Waals surface area (Å²) in [4.78, 5) is 0. The number of halogens is 3. The van der Waals surface area contributed by atoms with Crippen LogP contribution in [-0.4, -0.2) is 40.4 Å². The minimum absolute atomic E-state index is 0.0310. The lowest BCUT2D eigenvalue weighted by molar-refractivity contribution is -0.264. The van der Waals surface area contributed by atoms with E-state index in [0.29, 0.717) is 0 Å². The molecule has 0 aromatic heterocycles. The Labute approximate surface area is 125 Å². The van der Waals surface area contributed by atoms with Gasteiger partial charge < -0.3 is 4.43 Å². The van der Waals surface area contributed by atoms with Crippen LogP contribution in [0.3, 0.4) is 0 Å². The van der Waals surface area contributed by atoms with E-state index in [1.165, 1.54) is 6.92 Å². The first-order chi connectivity index (χ1) is 9.30. The highest BCUT2D eigenvalue weighted by Crippen LogP contribution is 2.46. The van der Waals surface area contributed by atoms with Gasteiger partial charge in [-0.25, -0.2) is 0 Å². The van der Waals surface area contributed by atoms with Gasteiger partial charge in [0.15, 0.2) is 13.9 Å². The van der Waals surface area contributed by atoms with Crippen molar-refractivity contribution >= 4 is 18.4 Å². The van der Waals surface area contributed by atoms with Gasteiger partial charge in [-0.15, -0.1) is 0 Å². The van der Waals surface area contributed by atoms with Gasteiger partial charge in [-0.1, -0.05) is 0 Å². The molecule has 0 aliphatic heterocycles. The molecule has 1 aliphatic rings. The van der Waals surface area contributed by atoms with Crippen LogP contribution in [0.4, 0.5) is 13.2 Å². The van der Waals surface area contributed by atoms with Crippen LogP contribution in [0, 0.1) is 0 Å². The fraction of sp³-hybridized carbons (Fsp3) is 1.00. The maximum Gasteiger partial charge on any atom is 0.416 e. The summed E-state index contributed by atoms with van der Waals surface area (Å²) in [7, 11) is -6.02. The molecule has 0 aromatic carbocycles. The van der Waals surface area contributed by atoms with E-state index in [-0.39, 0.29) is 31.4 Å². The molecule has 0 aromatic rings. The average Bonchev–Trinajstić information content (AvgIpc) is 2.28. The molecule has 1 saturated carbocycles. The molecule has 0 atom stereocenters. The smallest absolute Gasteiger partial charge is 0.404 e. The first kappa shape index (κ1) is 18.9. The highest BCUT2D eigenvalue weighted by Gasteiger charge is 2.58. The van der Waals surface area contributed by atoms with E-state index < -0.39 is 36.3 Å². The van der Waals surface area contributed by atoms with Crippen LogP contribution in [0.1, 0.15) is 32.6 Å². The second-order valence-corrected chi connectivity index (χ2v) is 12.7. The molecule has 0 unspecified atom stereocenters. The molecule has 1 aliphatic carbocycles. The maximum atomic E-state index is 13.4. The van der Waals surface area contributed by atoms with E-state index in [2.05, 4.69) is 0 Å². The van der Waals surface area contributed by atoms with Crippen LogP contribution in [0.25, 0.3) is 0 Å². The normalized spacial score (nSPS) is 28.6. The van der Waals surface area contributed by atoms with Gasteiger partial charge in [0.05, 0.1) is 11.9 Å². The quantitative estimate of drug-likeness (QED) is 0.564. The van der Waals surface area contributed by atoms with Gasteiger partial charge in [-0.2, -0.15) is 21.6 Å². The average molecular weight is 348 g/mol. The minimum Gasteiger partial charge on any atom is -0.404 e. The van der Waals surface area contributed by atoms with Gasteiger partial charge in [0.1, 0.15) is 0 Å². The Kier molecular flexibility index (Phi) is 5.56. The predicted molar refractivity (Wildman–Crippen MR) is 76.0 cm³/mol. The molecule has 9 heteroatoms. The summed E-state index contributed by atoms with van der Waals surface area (Å²) in [5.41, 5.74) is -2.16. The van der Waals surface area contributed by atoms with Crippen LogP contribution in [-0.2, 0) is 18.7 Å². The predicted octanol–water partition coefficient (Wildman–Crippen LogP) is 3.45. The number of hydrogen-bond acceptors (Lipinski definition) is 4. The summed E-state index contributed by atoms with van der Waals surface area (Å²) in [6.45, 7) is 6.58. The third-order valence-electron chi connectivity index (χ3n) is 3.39. The first-order valence-electron chi connectivity index (χ1n) is 6.98. The molecule has 1 rings (SSSR count). The van der Waals surface area contributed by atoms with Crippen LogP contribution in [0.5, 0.6) is 0 Å². The van der Waals surface area contributed by atoms with Crippen molar-refractivity contribution in [3.63, 3.8) is 0 Å². The molecule has 0 N–H and O–H groups in total.